The molecule has 0 N–H and O–H groups in total. The van der Waals surface area contributed by atoms with Crippen molar-refractivity contribution in [3.63, 3.8) is 0 Å². The molecule has 0 aliphatic rings. The zero-order valence-electron chi connectivity index (χ0n) is 6.22. The quantitative estimate of drug-likeness (QED) is 0.253. The van der Waals surface area contributed by atoms with E-state index in [1.165, 1.54) is 6.26 Å². The van der Waals surface area contributed by atoms with Crippen LogP contribution in [0.15, 0.2) is 12.8 Å². The maximum absolute atomic E-state index is 4.93. The lowest BCUT2D eigenvalue weighted by atomic mass is 10.7. The van der Waals surface area contributed by atoms with Crippen molar-refractivity contribution in [1.29, 1.82) is 0 Å². The van der Waals surface area contributed by atoms with Crippen LogP contribution in [0.5, 0.6) is 0 Å². The van der Waals surface area contributed by atoms with Crippen molar-refractivity contribution >= 4 is 0 Å². The lowest BCUT2D eigenvalue weighted by Crippen LogP contribution is -3.00. The molecular weight excluding hydrogens is 138 g/mol. The molecule has 0 amide bonds. The number of halogens is 1. The largest absolute Gasteiger partial charge is 1.00 e. The van der Waals surface area contributed by atoms with Gasteiger partial charge in [-0.3, -0.25) is 4.48 Å². The number of quaternary nitrogens is 1. The minimum atomic E-state index is 0. The molecule has 0 saturated heterocycles. The molecule has 0 aromatic carbocycles. The average molecular weight is 152 g/mol. The summed E-state index contributed by atoms with van der Waals surface area (Å²) in [6.07, 6.45) is 1.46. The molecule has 3 heteroatoms. The summed E-state index contributed by atoms with van der Waals surface area (Å²) in [5.41, 5.74) is 0. The second-order valence-corrected chi connectivity index (χ2v) is 2.75. The Morgan fingerprint density at radius 1 is 1.44 bits per heavy atom. The van der Waals surface area contributed by atoms with Gasteiger partial charge in [0.1, 0.15) is 0 Å². The second-order valence-electron chi connectivity index (χ2n) is 2.75. The number of hydrogen-bond acceptors (Lipinski definition) is 1. The van der Waals surface area contributed by atoms with E-state index in [9.17, 15) is 0 Å². The van der Waals surface area contributed by atoms with Crippen LogP contribution < -0.4 is 12.4 Å². The number of nitrogens with zero attached hydrogens (tertiary/aromatic N) is 1. The molecule has 9 heavy (non-hydrogen) atoms. The Kier molecular flexibility index (Phi) is 5.98. The molecule has 0 bridgehead atoms. The Balaban J connectivity index is 0. The van der Waals surface area contributed by atoms with Gasteiger partial charge >= 0.3 is 0 Å². The Morgan fingerprint density at radius 3 is 2.00 bits per heavy atom. The van der Waals surface area contributed by atoms with Crippen molar-refractivity contribution in [3.05, 3.63) is 12.8 Å². The first-order valence-corrected chi connectivity index (χ1v) is 2.59. The van der Waals surface area contributed by atoms with E-state index in [1.807, 2.05) is 0 Å². The monoisotopic (exact) mass is 151 g/mol. The first-order valence-electron chi connectivity index (χ1n) is 2.59. The maximum Gasteiger partial charge on any atom is 0.222 e. The first kappa shape index (κ1) is 11.6. The second kappa shape index (κ2) is 4.65. The van der Waals surface area contributed by atoms with Gasteiger partial charge < -0.3 is 17.1 Å². The fraction of sp³-hybridized carbons (Fsp3) is 0.667. The van der Waals surface area contributed by atoms with E-state index in [0.717, 1.165) is 4.48 Å². The van der Waals surface area contributed by atoms with E-state index in [-0.39, 0.29) is 12.4 Å². The molecule has 0 heterocycles. The SMILES string of the molecule is C=COC[N+](C)(C)C.[Cl-]. The smallest absolute Gasteiger partial charge is 0.222 e. The molecule has 0 atom stereocenters. The van der Waals surface area contributed by atoms with E-state index < -0.39 is 0 Å². The van der Waals surface area contributed by atoms with E-state index in [4.69, 9.17) is 4.74 Å². The summed E-state index contributed by atoms with van der Waals surface area (Å²) in [6, 6.07) is 0. The minimum Gasteiger partial charge on any atom is -1.00 e. The molecule has 56 valence electrons. The van der Waals surface area contributed by atoms with Crippen molar-refractivity contribution in [2.24, 2.45) is 0 Å². The van der Waals surface area contributed by atoms with Crippen LogP contribution in [0.25, 0.3) is 0 Å². The van der Waals surface area contributed by atoms with Crippen molar-refractivity contribution in [2.45, 2.75) is 0 Å². The molecule has 0 unspecified atom stereocenters. The Bertz CT molecular complexity index is 77.6. The highest BCUT2D eigenvalue weighted by Crippen LogP contribution is 1.88. The topological polar surface area (TPSA) is 9.23 Å². The Morgan fingerprint density at radius 2 is 1.89 bits per heavy atom. The van der Waals surface area contributed by atoms with Gasteiger partial charge in [0.05, 0.1) is 27.4 Å². The summed E-state index contributed by atoms with van der Waals surface area (Å²) in [6.45, 7) is 4.12. The summed E-state index contributed by atoms with van der Waals surface area (Å²) in [7, 11) is 6.18. The summed E-state index contributed by atoms with van der Waals surface area (Å²) in [4.78, 5) is 0. The molecule has 0 aliphatic carbocycles. The molecule has 0 radical (unpaired) electrons. The number of rotatable bonds is 3. The molecule has 0 aromatic rings. The van der Waals surface area contributed by atoms with Crippen molar-refractivity contribution < 1.29 is 21.6 Å². The first-order chi connectivity index (χ1) is 3.56. The third kappa shape index (κ3) is 11.4. The summed E-state index contributed by atoms with van der Waals surface area (Å²) in [5, 5.41) is 0. The fourth-order valence-electron chi connectivity index (χ4n) is 0.276. The molecule has 2 nitrogen and oxygen atoms in total. The zero-order valence-corrected chi connectivity index (χ0v) is 6.98. The summed E-state index contributed by atoms with van der Waals surface area (Å²) >= 11 is 0. The highest BCUT2D eigenvalue weighted by molar-refractivity contribution is 4.44. The third-order valence-electron chi connectivity index (χ3n) is 0.580. The standard InChI is InChI=1S/C6H14NO.ClH/c1-5-8-6-7(2,3)4;/h5H,1,6H2,2-4H3;1H/q+1;/p-1. The van der Waals surface area contributed by atoms with E-state index >= 15 is 0 Å². The van der Waals surface area contributed by atoms with Crippen LogP contribution >= 0.6 is 0 Å². The van der Waals surface area contributed by atoms with Crippen LogP contribution in [0.3, 0.4) is 0 Å². The Labute approximate surface area is 63.1 Å². The van der Waals surface area contributed by atoms with Gasteiger partial charge in [-0.2, -0.15) is 0 Å². The van der Waals surface area contributed by atoms with Crippen molar-refractivity contribution in [1.82, 2.24) is 0 Å². The van der Waals surface area contributed by atoms with E-state index in [0.29, 0.717) is 6.73 Å². The highest BCUT2D eigenvalue weighted by Gasteiger charge is 2.03. The predicted molar refractivity (Wildman–Crippen MR) is 34.2 cm³/mol. The fourth-order valence-corrected chi connectivity index (χ4v) is 0.276. The molecular formula is C6H14ClNO. The van der Waals surface area contributed by atoms with E-state index in [1.54, 1.807) is 0 Å². The minimum absolute atomic E-state index is 0. The van der Waals surface area contributed by atoms with Gasteiger partial charge in [-0.05, 0) is 0 Å². The average Bonchev–Trinajstić information content (AvgIpc) is 1.59. The summed E-state index contributed by atoms with van der Waals surface area (Å²) in [5.74, 6) is 0. The number of ether oxygens (including phenoxy) is 1. The van der Waals surface area contributed by atoms with Gasteiger partial charge in [-0.25, -0.2) is 0 Å². The van der Waals surface area contributed by atoms with Gasteiger partial charge in [-0.1, -0.05) is 6.58 Å². The van der Waals surface area contributed by atoms with Gasteiger partial charge in [0, 0.05) is 0 Å². The normalized spacial score (nSPS) is 9.67. The molecule has 0 spiro atoms. The van der Waals surface area contributed by atoms with Crippen LogP contribution in [0.2, 0.25) is 0 Å². The van der Waals surface area contributed by atoms with E-state index in [2.05, 4.69) is 27.7 Å². The highest BCUT2D eigenvalue weighted by atomic mass is 35.5. The van der Waals surface area contributed by atoms with Gasteiger partial charge in [0.2, 0.25) is 6.73 Å². The predicted octanol–water partition coefficient (Wildman–Crippen LogP) is -2.19. The lowest BCUT2D eigenvalue weighted by Gasteiger charge is -2.21. The Hall–Kier alpha value is -0.210. The van der Waals surface area contributed by atoms with Gasteiger partial charge in [0.15, 0.2) is 0 Å². The lowest BCUT2D eigenvalue weighted by molar-refractivity contribution is -0.888. The van der Waals surface area contributed by atoms with Gasteiger partial charge in [0.25, 0.3) is 0 Å². The molecule has 0 rings (SSSR count). The zero-order chi connectivity index (χ0) is 6.62. The van der Waals surface area contributed by atoms with Crippen LogP contribution in [-0.4, -0.2) is 32.4 Å². The third-order valence-corrected chi connectivity index (χ3v) is 0.580. The van der Waals surface area contributed by atoms with Crippen LogP contribution in [0.4, 0.5) is 0 Å². The molecule has 0 saturated carbocycles. The van der Waals surface area contributed by atoms with Crippen molar-refractivity contribution in [2.75, 3.05) is 27.9 Å². The summed E-state index contributed by atoms with van der Waals surface area (Å²) < 4.78 is 5.75. The van der Waals surface area contributed by atoms with Crippen LogP contribution in [-0.2, 0) is 4.74 Å². The van der Waals surface area contributed by atoms with Crippen LogP contribution in [0, 0.1) is 0 Å². The van der Waals surface area contributed by atoms with Gasteiger partial charge in [-0.15, -0.1) is 0 Å². The maximum atomic E-state index is 4.93. The number of hydrogen-bond donors (Lipinski definition) is 0. The van der Waals surface area contributed by atoms with Crippen molar-refractivity contribution in [3.8, 4) is 0 Å². The molecule has 0 fully saturated rings. The molecule has 0 aliphatic heterocycles. The molecule has 0 aromatic heterocycles. The van der Waals surface area contributed by atoms with Crippen LogP contribution in [0.1, 0.15) is 0 Å².